The monoisotopic (exact) mass is 216 g/mol. The molecule has 1 amide bonds. The van der Waals surface area contributed by atoms with Gasteiger partial charge in [0.25, 0.3) is 0 Å². The Kier molecular flexibility index (Phi) is 3.63. The van der Waals surface area contributed by atoms with Crippen LogP contribution in [0.4, 0.5) is 10.3 Å². The van der Waals surface area contributed by atoms with Crippen LogP contribution in [0.2, 0.25) is 0 Å². The topological polar surface area (TPSA) is 80.9 Å². The van der Waals surface area contributed by atoms with E-state index in [0.29, 0.717) is 5.95 Å². The molecular formula is C7H9FN4OS. The number of nitrogens with zero attached hydrogens (tertiary/aromatic N) is 2. The molecule has 0 atom stereocenters. The molecule has 1 heterocycles. The molecule has 0 spiro atoms. The third-order valence-corrected chi connectivity index (χ3v) is 2.28. The van der Waals surface area contributed by atoms with Crippen molar-refractivity contribution in [3.8, 4) is 0 Å². The van der Waals surface area contributed by atoms with E-state index in [0.717, 1.165) is 18.0 Å². The Balaban J connectivity index is 2.78. The van der Waals surface area contributed by atoms with E-state index in [1.165, 1.54) is 0 Å². The van der Waals surface area contributed by atoms with Gasteiger partial charge in [0.15, 0.2) is 5.82 Å². The maximum absolute atomic E-state index is 13.0. The molecule has 76 valence electrons. The minimum Gasteiger partial charge on any atom is -0.369 e. The van der Waals surface area contributed by atoms with Gasteiger partial charge in [-0.2, -0.15) is 0 Å². The number of nitrogens with two attached hydrogens (primary N) is 1. The zero-order valence-corrected chi connectivity index (χ0v) is 8.27. The van der Waals surface area contributed by atoms with Gasteiger partial charge >= 0.3 is 0 Å². The summed E-state index contributed by atoms with van der Waals surface area (Å²) < 4.78 is 13.0. The molecule has 5 nitrogen and oxygen atoms in total. The van der Waals surface area contributed by atoms with Gasteiger partial charge in [-0.25, -0.2) is 14.4 Å². The van der Waals surface area contributed by atoms with Gasteiger partial charge in [0.1, 0.15) is 5.03 Å². The number of nitrogens with one attached hydrogen (secondary N) is 1. The highest BCUT2D eigenvalue weighted by Crippen LogP contribution is 2.19. The molecule has 1 aromatic heterocycles. The highest BCUT2D eigenvalue weighted by Gasteiger charge is 2.07. The van der Waals surface area contributed by atoms with Crippen LogP contribution in [0, 0.1) is 5.82 Å². The number of amides is 1. The van der Waals surface area contributed by atoms with Gasteiger partial charge in [-0.1, -0.05) is 11.8 Å². The number of primary amides is 1. The number of anilines is 1. The molecule has 0 aliphatic carbocycles. The van der Waals surface area contributed by atoms with Crippen LogP contribution in [0.3, 0.4) is 0 Å². The first-order valence-corrected chi connectivity index (χ1v) is 4.73. The average molecular weight is 216 g/mol. The third-order valence-electron chi connectivity index (χ3n) is 1.29. The molecule has 0 saturated heterocycles. The molecule has 3 N–H and O–H groups in total. The number of carbonyl (C=O) groups is 1. The molecule has 0 radical (unpaired) electrons. The molecule has 1 rings (SSSR count). The van der Waals surface area contributed by atoms with E-state index in [1.807, 2.05) is 0 Å². The molecule has 0 aliphatic rings. The molecule has 0 aromatic carbocycles. The number of halogens is 1. The maximum Gasteiger partial charge on any atom is 0.227 e. The molecule has 7 heteroatoms. The van der Waals surface area contributed by atoms with Crippen LogP contribution in [0.25, 0.3) is 0 Å². The Labute approximate surface area is 84.3 Å². The van der Waals surface area contributed by atoms with Crippen LogP contribution in [0.5, 0.6) is 0 Å². The van der Waals surface area contributed by atoms with E-state index in [4.69, 9.17) is 5.73 Å². The summed E-state index contributed by atoms with van der Waals surface area (Å²) in [4.78, 5) is 17.9. The Morgan fingerprint density at radius 1 is 1.79 bits per heavy atom. The standard InChI is InChI=1S/C7H9FN4OS/c1-10-7-11-2-4(8)6(12-7)14-3-5(9)13/h2H,3H2,1H3,(H2,9,13)(H,10,11,12). The quantitative estimate of drug-likeness (QED) is 0.556. The van der Waals surface area contributed by atoms with Crippen molar-refractivity contribution in [2.75, 3.05) is 18.1 Å². The van der Waals surface area contributed by atoms with Crippen molar-refractivity contribution in [2.45, 2.75) is 5.03 Å². The van der Waals surface area contributed by atoms with Gasteiger partial charge in [-0.3, -0.25) is 4.79 Å². The fourth-order valence-corrected chi connectivity index (χ4v) is 1.33. The van der Waals surface area contributed by atoms with E-state index in [2.05, 4.69) is 15.3 Å². The lowest BCUT2D eigenvalue weighted by Gasteiger charge is -2.02. The molecule has 0 bridgehead atoms. The van der Waals surface area contributed by atoms with E-state index >= 15 is 0 Å². The number of carbonyl (C=O) groups excluding carboxylic acids is 1. The number of aromatic nitrogens is 2. The van der Waals surface area contributed by atoms with E-state index < -0.39 is 11.7 Å². The first kappa shape index (κ1) is 10.7. The van der Waals surface area contributed by atoms with Crippen molar-refractivity contribution in [1.82, 2.24) is 9.97 Å². The van der Waals surface area contributed by atoms with Crippen molar-refractivity contribution in [3.05, 3.63) is 12.0 Å². The van der Waals surface area contributed by atoms with Gasteiger partial charge in [0.05, 0.1) is 11.9 Å². The first-order chi connectivity index (χ1) is 6.63. The highest BCUT2D eigenvalue weighted by atomic mass is 32.2. The molecule has 0 fully saturated rings. The summed E-state index contributed by atoms with van der Waals surface area (Å²) >= 11 is 0.944. The van der Waals surface area contributed by atoms with Gasteiger partial charge in [0, 0.05) is 7.05 Å². The molecule has 14 heavy (non-hydrogen) atoms. The van der Waals surface area contributed by atoms with Crippen LogP contribution >= 0.6 is 11.8 Å². The molecule has 0 unspecified atom stereocenters. The summed E-state index contributed by atoms with van der Waals surface area (Å²) in [5.74, 6) is -0.774. The van der Waals surface area contributed by atoms with E-state index in [9.17, 15) is 9.18 Å². The van der Waals surface area contributed by atoms with Crippen LogP contribution in [0.15, 0.2) is 11.2 Å². The predicted octanol–water partition coefficient (Wildman–Crippen LogP) is 0.235. The largest absolute Gasteiger partial charge is 0.369 e. The minimum atomic E-state index is -0.560. The third kappa shape index (κ3) is 2.84. The SMILES string of the molecule is CNc1ncc(F)c(SCC(N)=O)n1. The zero-order chi connectivity index (χ0) is 10.6. The summed E-state index contributed by atoms with van der Waals surface area (Å²) in [6.45, 7) is 0. The first-order valence-electron chi connectivity index (χ1n) is 3.75. The fraction of sp³-hybridized carbons (Fsp3) is 0.286. The summed E-state index contributed by atoms with van der Waals surface area (Å²) in [6.07, 6.45) is 1.04. The normalized spacial score (nSPS) is 9.86. The van der Waals surface area contributed by atoms with Crippen molar-refractivity contribution >= 4 is 23.6 Å². The van der Waals surface area contributed by atoms with Crippen molar-refractivity contribution in [3.63, 3.8) is 0 Å². The summed E-state index contributed by atoms with van der Waals surface area (Å²) in [5.41, 5.74) is 4.92. The summed E-state index contributed by atoms with van der Waals surface area (Å²) in [7, 11) is 1.62. The predicted molar refractivity (Wildman–Crippen MR) is 51.5 cm³/mol. The van der Waals surface area contributed by atoms with E-state index in [-0.39, 0.29) is 10.8 Å². The number of rotatable bonds is 4. The lowest BCUT2D eigenvalue weighted by molar-refractivity contribution is -0.115. The molecule has 0 saturated carbocycles. The average Bonchev–Trinajstić information content (AvgIpc) is 2.16. The number of hydrogen-bond acceptors (Lipinski definition) is 5. The van der Waals surface area contributed by atoms with Crippen molar-refractivity contribution in [1.29, 1.82) is 0 Å². The Morgan fingerprint density at radius 2 is 2.50 bits per heavy atom. The van der Waals surface area contributed by atoms with Crippen LogP contribution in [0.1, 0.15) is 0 Å². The lowest BCUT2D eigenvalue weighted by Crippen LogP contribution is -2.13. The van der Waals surface area contributed by atoms with Gasteiger partial charge in [-0.15, -0.1) is 0 Å². The number of hydrogen-bond donors (Lipinski definition) is 2. The van der Waals surface area contributed by atoms with Crippen LogP contribution in [-0.2, 0) is 4.79 Å². The molecule has 0 aliphatic heterocycles. The second-order valence-corrected chi connectivity index (χ2v) is 3.32. The van der Waals surface area contributed by atoms with Crippen LogP contribution in [-0.4, -0.2) is 28.7 Å². The second kappa shape index (κ2) is 4.75. The Bertz CT molecular complexity index is 346. The van der Waals surface area contributed by atoms with Gasteiger partial charge < -0.3 is 11.1 Å². The van der Waals surface area contributed by atoms with Crippen molar-refractivity contribution < 1.29 is 9.18 Å². The lowest BCUT2D eigenvalue weighted by atomic mass is 10.6. The van der Waals surface area contributed by atoms with Gasteiger partial charge in [0.2, 0.25) is 11.9 Å². The minimum absolute atomic E-state index is 0.00289. The zero-order valence-electron chi connectivity index (χ0n) is 7.45. The maximum atomic E-state index is 13.0. The molecule has 1 aromatic rings. The summed E-state index contributed by atoms with van der Waals surface area (Å²) in [6, 6.07) is 0. The highest BCUT2D eigenvalue weighted by molar-refractivity contribution is 7.99. The molecular weight excluding hydrogens is 207 g/mol. The smallest absolute Gasteiger partial charge is 0.227 e. The fourth-order valence-electron chi connectivity index (χ4n) is 0.713. The second-order valence-electron chi connectivity index (χ2n) is 2.35. The van der Waals surface area contributed by atoms with E-state index in [1.54, 1.807) is 7.05 Å². The van der Waals surface area contributed by atoms with Crippen molar-refractivity contribution in [2.24, 2.45) is 5.73 Å². The van der Waals surface area contributed by atoms with Crippen LogP contribution < -0.4 is 11.1 Å². The Hall–Kier alpha value is -1.37. The number of thioether (sulfide) groups is 1. The summed E-state index contributed by atoms with van der Waals surface area (Å²) in [5, 5.41) is 2.78. The Morgan fingerprint density at radius 3 is 3.07 bits per heavy atom. The van der Waals surface area contributed by atoms with Gasteiger partial charge in [-0.05, 0) is 0 Å².